The Morgan fingerprint density at radius 1 is 0.568 bits per heavy atom. The number of hydrogen-bond acceptors (Lipinski definition) is 3. The third-order valence-electron chi connectivity index (χ3n) is 11.6. The molecule has 0 amide bonds. The van der Waals surface area contributed by atoms with Crippen molar-refractivity contribution >= 4 is 59.3 Å². The summed E-state index contributed by atoms with van der Waals surface area (Å²) < 4.78 is 16.4. The molecule has 0 aromatic rings. The highest BCUT2D eigenvalue weighted by Gasteiger charge is 2.66. The number of aliphatic hydroxyl groups is 1. The molecule has 0 aliphatic heterocycles. The Morgan fingerprint density at radius 3 is 1.18 bits per heavy atom. The lowest BCUT2D eigenvalue weighted by Gasteiger charge is -2.59. The molecule has 11 heteroatoms. The van der Waals surface area contributed by atoms with Crippen LogP contribution in [0.2, 0.25) is 118 Å². The highest BCUT2D eigenvalue weighted by atomic mass is 29.9. The third kappa shape index (κ3) is 9.23. The molecule has 1 rings (SSSR count). The summed E-state index contributed by atoms with van der Waals surface area (Å²) >= 11 is 0. The van der Waals surface area contributed by atoms with Crippen LogP contribution in [-0.4, -0.2) is 82.2 Å². The van der Waals surface area contributed by atoms with Crippen molar-refractivity contribution < 1.29 is 14.0 Å². The molecule has 1 N–H and O–H groups in total. The Balaban J connectivity index is 4.04. The summed E-state index contributed by atoms with van der Waals surface area (Å²) in [6.45, 7) is 50.2. The first-order chi connectivity index (χ1) is 19.2. The molecule has 3 atom stereocenters. The van der Waals surface area contributed by atoms with Crippen molar-refractivity contribution in [1.82, 2.24) is 0 Å². The summed E-state index contributed by atoms with van der Waals surface area (Å²) in [6.07, 6.45) is 8.78. The molecule has 1 aliphatic rings. The van der Waals surface area contributed by atoms with Gasteiger partial charge in [-0.25, -0.2) is 0 Å². The van der Waals surface area contributed by atoms with E-state index in [4.69, 9.17) is 8.85 Å². The predicted molar refractivity (Wildman–Crippen MR) is 223 cm³/mol. The van der Waals surface area contributed by atoms with Gasteiger partial charge in [0.15, 0.2) is 13.7 Å². The van der Waals surface area contributed by atoms with E-state index in [9.17, 15) is 5.11 Å². The van der Waals surface area contributed by atoms with E-state index in [1.54, 1.807) is 0 Å². The Hall–Kier alpha value is 1.62. The van der Waals surface area contributed by atoms with E-state index >= 15 is 0 Å². The molecule has 264 valence electrons. The van der Waals surface area contributed by atoms with Crippen LogP contribution in [0.1, 0.15) is 65.7 Å². The van der Waals surface area contributed by atoms with Crippen molar-refractivity contribution in [3.63, 3.8) is 0 Å². The number of rotatable bonds is 16. The Labute approximate surface area is 284 Å². The van der Waals surface area contributed by atoms with Crippen LogP contribution in [0, 0.1) is 11.8 Å². The van der Waals surface area contributed by atoms with Gasteiger partial charge in [0.1, 0.15) is 0 Å². The maximum absolute atomic E-state index is 12.0. The minimum atomic E-state index is -2.10. The van der Waals surface area contributed by atoms with Crippen molar-refractivity contribution in [2.75, 3.05) is 0 Å². The van der Waals surface area contributed by atoms with Gasteiger partial charge in [-0.05, 0) is 38.0 Å². The van der Waals surface area contributed by atoms with Crippen LogP contribution in [0.15, 0.2) is 0 Å². The predicted octanol–water partition coefficient (Wildman–Crippen LogP) is 10.9. The van der Waals surface area contributed by atoms with E-state index in [1.807, 2.05) is 0 Å². The van der Waals surface area contributed by atoms with Gasteiger partial charge in [0.05, 0.1) is 51.1 Å². The van der Waals surface area contributed by atoms with Gasteiger partial charge in [0, 0.05) is 18.6 Å². The van der Waals surface area contributed by atoms with Gasteiger partial charge in [-0.3, -0.25) is 0 Å². The van der Waals surface area contributed by atoms with Crippen molar-refractivity contribution in [2.45, 2.75) is 201 Å². The van der Waals surface area contributed by atoms with Crippen molar-refractivity contribution in [3.05, 3.63) is 0 Å². The van der Waals surface area contributed by atoms with E-state index in [2.05, 4.69) is 139 Å². The van der Waals surface area contributed by atoms with E-state index in [-0.39, 0.29) is 18.1 Å². The monoisotopic (exact) mass is 750 g/mol. The van der Waals surface area contributed by atoms with Gasteiger partial charge < -0.3 is 14.0 Å². The molecular weight excluding hydrogens is 669 g/mol. The lowest BCUT2D eigenvalue weighted by Crippen LogP contribution is -2.85. The zero-order chi connectivity index (χ0) is 35.2. The smallest absolute Gasteiger partial charge is 0.158 e. The molecule has 44 heavy (non-hydrogen) atoms. The summed E-state index contributed by atoms with van der Waals surface area (Å²) in [5.74, 6) is 0.834. The summed E-state index contributed by atoms with van der Waals surface area (Å²) in [5, 5.41) is 12.0. The summed E-state index contributed by atoms with van der Waals surface area (Å²) in [6, 6.07) is 0. The lowest BCUT2D eigenvalue weighted by atomic mass is 9.81. The molecular formula is C33H82O3Si8. The molecule has 0 heterocycles. The summed E-state index contributed by atoms with van der Waals surface area (Å²) in [4.78, 5) is 0. The van der Waals surface area contributed by atoms with Crippen LogP contribution >= 0.6 is 0 Å². The maximum Gasteiger partial charge on any atom is 0.158 e. The largest absolute Gasteiger partial charge is 0.423 e. The molecule has 0 radical (unpaired) electrons. The van der Waals surface area contributed by atoms with Gasteiger partial charge in [-0.15, -0.1) is 0 Å². The topological polar surface area (TPSA) is 38.7 Å². The van der Waals surface area contributed by atoms with Crippen LogP contribution in [0.25, 0.3) is 0 Å². The van der Waals surface area contributed by atoms with Gasteiger partial charge in [0.2, 0.25) is 0 Å². The fourth-order valence-electron chi connectivity index (χ4n) is 11.3. The van der Waals surface area contributed by atoms with Gasteiger partial charge in [0.25, 0.3) is 0 Å². The first-order valence-corrected chi connectivity index (χ1v) is 49.1. The molecule has 0 aromatic heterocycles. The SMILES string of the molecule is CC(C)[C@@](C)(O)C[C@H](C[C@@H](O[Si]([Si](C)(C)C)([Si](C)(C)C)[Si](C)(C)C)C1CCCCC1)O[Si]([Si](C)(C)C)([Si](C)(C)C)[Si](C)(C)C. The third-order valence-corrected chi connectivity index (χ3v) is 147. The first-order valence-electron chi connectivity index (χ1n) is 18.3. The van der Waals surface area contributed by atoms with Gasteiger partial charge in [-0.2, -0.15) is 0 Å². The summed E-state index contributed by atoms with van der Waals surface area (Å²) in [7, 11) is -9.78. The standard InChI is InChI=1S/C33H82O3Si8/c1-29(2)33(3,34)28-31(35-43(37(4,5)6,38(7,8)9)39(10,11)12)27-32(30-25-23-22-24-26-30)36-44(40(13,14)15,41(16,17)18)42(19,20)21/h29-32,34H,22-28H2,1-21H3/t31-,32+,33-/m0/s1. The molecule has 0 unspecified atom stereocenters. The Morgan fingerprint density at radius 2 is 0.886 bits per heavy atom. The minimum absolute atomic E-state index is 0.0766. The maximum atomic E-state index is 12.0. The van der Waals surface area contributed by atoms with E-state index in [1.165, 1.54) is 32.1 Å². The van der Waals surface area contributed by atoms with Crippen LogP contribution < -0.4 is 0 Å². The zero-order valence-electron chi connectivity index (χ0n) is 34.0. The van der Waals surface area contributed by atoms with Crippen LogP contribution in [0.3, 0.4) is 0 Å². The minimum Gasteiger partial charge on any atom is -0.423 e. The van der Waals surface area contributed by atoms with Crippen LogP contribution in [0.4, 0.5) is 0 Å². The second-order valence-electron chi connectivity index (χ2n) is 21.6. The molecule has 0 spiro atoms. The van der Waals surface area contributed by atoms with E-state index < -0.39 is 64.9 Å². The molecule has 0 aromatic carbocycles. The van der Waals surface area contributed by atoms with Crippen LogP contribution in [0.5, 0.6) is 0 Å². The average molecular weight is 752 g/mol. The fraction of sp³-hybridized carbons (Fsp3) is 1.00. The van der Waals surface area contributed by atoms with E-state index in [0.717, 1.165) is 12.8 Å². The normalized spacial score (nSPS) is 20.5. The lowest BCUT2D eigenvalue weighted by molar-refractivity contribution is -0.0385. The average Bonchev–Trinajstić information content (AvgIpc) is 2.74. The van der Waals surface area contributed by atoms with Crippen molar-refractivity contribution in [2.24, 2.45) is 11.8 Å². The Bertz CT molecular complexity index is 834. The molecule has 1 fully saturated rings. The molecule has 1 saturated carbocycles. The molecule has 1 aliphatic carbocycles. The quantitative estimate of drug-likeness (QED) is 0.160. The molecule has 0 saturated heterocycles. The zero-order valence-corrected chi connectivity index (χ0v) is 42.0. The summed E-state index contributed by atoms with van der Waals surface area (Å²) in [5.41, 5.74) is -0.745. The molecule has 3 nitrogen and oxygen atoms in total. The second-order valence-corrected chi connectivity index (χ2v) is 100. The van der Waals surface area contributed by atoms with Gasteiger partial charge >= 0.3 is 0 Å². The molecule has 0 bridgehead atoms. The fourth-order valence-corrected chi connectivity index (χ4v) is 200. The Kier molecular flexibility index (Phi) is 14.3. The van der Waals surface area contributed by atoms with Crippen LogP contribution in [-0.2, 0) is 8.85 Å². The second kappa shape index (κ2) is 14.5. The van der Waals surface area contributed by atoms with Gasteiger partial charge in [-0.1, -0.05) is 151 Å². The highest BCUT2D eigenvalue weighted by molar-refractivity contribution is 7.88. The first kappa shape index (κ1) is 43.6. The van der Waals surface area contributed by atoms with Crippen molar-refractivity contribution in [1.29, 1.82) is 0 Å². The number of hydrogen-bond donors (Lipinski definition) is 1. The van der Waals surface area contributed by atoms with Crippen molar-refractivity contribution in [3.8, 4) is 0 Å². The van der Waals surface area contributed by atoms with E-state index in [0.29, 0.717) is 5.92 Å². The highest BCUT2D eigenvalue weighted by Crippen LogP contribution is 2.45.